The minimum atomic E-state index is -3.51. The molecule has 3 N–H and O–H groups in total. The molecule has 0 aliphatic carbocycles. The fraction of sp³-hybridized carbons (Fsp3) is 0.273. The summed E-state index contributed by atoms with van der Waals surface area (Å²) in [5, 5.41) is 4.90. The predicted molar refractivity (Wildman–Crippen MR) is 125 cm³/mol. The van der Waals surface area contributed by atoms with Crippen molar-refractivity contribution in [3.05, 3.63) is 70.1 Å². The molecule has 0 radical (unpaired) electrons. The monoisotopic (exact) mass is 471 g/mol. The second-order valence-corrected chi connectivity index (χ2v) is 9.17. The van der Waals surface area contributed by atoms with Crippen molar-refractivity contribution < 1.29 is 18.0 Å². The van der Waals surface area contributed by atoms with Crippen LogP contribution in [0.3, 0.4) is 0 Å². The molecule has 2 aromatic carbocycles. The first kappa shape index (κ1) is 23.9. The number of rotatable bonds is 8. The molecule has 0 spiro atoms. The Morgan fingerprint density at radius 2 is 1.64 bits per heavy atom. The Bertz CT molecular complexity index is 1350. The summed E-state index contributed by atoms with van der Waals surface area (Å²) in [6.45, 7) is 3.98. The fourth-order valence-electron chi connectivity index (χ4n) is 3.23. The van der Waals surface area contributed by atoms with Crippen molar-refractivity contribution in [3.8, 4) is 0 Å². The van der Waals surface area contributed by atoms with E-state index in [1.165, 1.54) is 28.9 Å². The molecule has 11 heteroatoms. The van der Waals surface area contributed by atoms with E-state index in [-0.39, 0.29) is 28.3 Å². The van der Waals surface area contributed by atoms with Crippen LogP contribution >= 0.6 is 0 Å². The van der Waals surface area contributed by atoms with Crippen LogP contribution in [-0.4, -0.2) is 35.8 Å². The van der Waals surface area contributed by atoms with Gasteiger partial charge in [0.15, 0.2) is 5.69 Å². The number of fused-ring (bicyclic) bond motifs is 1. The van der Waals surface area contributed by atoms with Crippen molar-refractivity contribution in [2.45, 2.75) is 33.2 Å². The maximum atomic E-state index is 12.8. The zero-order valence-electron chi connectivity index (χ0n) is 18.3. The van der Waals surface area contributed by atoms with Gasteiger partial charge in [-0.05, 0) is 37.1 Å². The standard InChI is InChI=1S/C22H25N5O5S/c1-3-12-27-22(30)18-11-6-5-10-17(18)19(25-27)21(29)24-23-20(28)15-8-7-9-16(14-15)26-33(31,32)13-4-2/h5-11,14,26H,3-4,12-13H2,1-2H3,(H,23,28)(H,24,29). The summed E-state index contributed by atoms with van der Waals surface area (Å²) in [4.78, 5) is 37.9. The summed E-state index contributed by atoms with van der Waals surface area (Å²) in [7, 11) is -3.51. The molecule has 0 bridgehead atoms. The largest absolute Gasteiger partial charge is 0.290 e. The number of carbonyl (C=O) groups excluding carboxylic acids is 2. The van der Waals surface area contributed by atoms with Crippen molar-refractivity contribution in [2.75, 3.05) is 10.5 Å². The van der Waals surface area contributed by atoms with Gasteiger partial charge in [0.1, 0.15) is 0 Å². The Morgan fingerprint density at radius 3 is 2.33 bits per heavy atom. The Hall–Kier alpha value is -3.73. The highest BCUT2D eigenvalue weighted by Gasteiger charge is 2.18. The Morgan fingerprint density at radius 1 is 0.939 bits per heavy atom. The highest BCUT2D eigenvalue weighted by atomic mass is 32.2. The quantitative estimate of drug-likeness (QED) is 0.430. The highest BCUT2D eigenvalue weighted by molar-refractivity contribution is 7.92. The topological polar surface area (TPSA) is 139 Å². The number of hydrazine groups is 1. The second-order valence-electron chi connectivity index (χ2n) is 7.33. The smallest absolute Gasteiger partial charge is 0.284 e. The van der Waals surface area contributed by atoms with Gasteiger partial charge in [-0.15, -0.1) is 0 Å². The van der Waals surface area contributed by atoms with Crippen LogP contribution in [0.5, 0.6) is 0 Å². The molecule has 0 fully saturated rings. The summed E-state index contributed by atoms with van der Waals surface area (Å²) in [5.74, 6) is -1.38. The third-order valence-electron chi connectivity index (χ3n) is 4.68. The predicted octanol–water partition coefficient (Wildman–Crippen LogP) is 2.03. The Balaban J connectivity index is 1.78. The zero-order valence-corrected chi connectivity index (χ0v) is 19.1. The van der Waals surface area contributed by atoms with Gasteiger partial charge in [-0.2, -0.15) is 5.10 Å². The van der Waals surface area contributed by atoms with Gasteiger partial charge in [0, 0.05) is 23.2 Å². The summed E-state index contributed by atoms with van der Waals surface area (Å²) >= 11 is 0. The van der Waals surface area contributed by atoms with Crippen molar-refractivity contribution >= 4 is 38.3 Å². The summed E-state index contributed by atoms with van der Waals surface area (Å²) in [6.07, 6.45) is 1.11. The maximum absolute atomic E-state index is 12.8. The minimum Gasteiger partial charge on any atom is -0.284 e. The van der Waals surface area contributed by atoms with Crippen LogP contribution in [0.4, 0.5) is 5.69 Å². The lowest BCUT2D eigenvalue weighted by atomic mass is 10.1. The van der Waals surface area contributed by atoms with Crippen LogP contribution in [-0.2, 0) is 16.6 Å². The number of nitrogens with zero attached hydrogens (tertiary/aromatic N) is 2. The lowest BCUT2D eigenvalue weighted by molar-refractivity contribution is 0.0843. The van der Waals surface area contributed by atoms with Gasteiger partial charge in [0.25, 0.3) is 17.4 Å². The van der Waals surface area contributed by atoms with Gasteiger partial charge in [0.05, 0.1) is 11.1 Å². The summed E-state index contributed by atoms with van der Waals surface area (Å²) in [6, 6.07) is 12.5. The number of nitrogens with one attached hydrogen (secondary N) is 3. The number of aryl methyl sites for hydroxylation is 1. The number of hydrogen-bond acceptors (Lipinski definition) is 6. The average molecular weight is 472 g/mol. The average Bonchev–Trinajstić information content (AvgIpc) is 2.79. The minimum absolute atomic E-state index is 0.0000244. The number of benzene rings is 2. The van der Waals surface area contributed by atoms with Crippen LogP contribution in [0.25, 0.3) is 10.8 Å². The number of hydrogen-bond donors (Lipinski definition) is 3. The normalized spacial score (nSPS) is 11.2. The van der Waals surface area contributed by atoms with Gasteiger partial charge in [-0.3, -0.25) is 30.0 Å². The number of sulfonamides is 1. The van der Waals surface area contributed by atoms with Gasteiger partial charge in [-0.1, -0.05) is 38.1 Å². The van der Waals surface area contributed by atoms with E-state index in [2.05, 4.69) is 20.7 Å². The number of anilines is 1. The first-order valence-corrected chi connectivity index (χ1v) is 12.1. The molecular weight excluding hydrogens is 446 g/mol. The molecular formula is C22H25N5O5S. The molecule has 0 unspecified atom stereocenters. The molecule has 0 atom stereocenters. The fourth-order valence-corrected chi connectivity index (χ4v) is 4.36. The third-order valence-corrected chi connectivity index (χ3v) is 6.17. The molecule has 33 heavy (non-hydrogen) atoms. The molecule has 3 rings (SSSR count). The lowest BCUT2D eigenvalue weighted by Gasteiger charge is -2.12. The van der Waals surface area contributed by atoms with E-state index < -0.39 is 21.8 Å². The summed E-state index contributed by atoms with van der Waals surface area (Å²) < 4.78 is 27.6. The third kappa shape index (κ3) is 5.75. The number of carbonyl (C=O) groups is 2. The molecule has 0 saturated heterocycles. The zero-order chi connectivity index (χ0) is 24.0. The molecule has 174 valence electrons. The van der Waals surface area contributed by atoms with Crippen LogP contribution in [0.1, 0.15) is 47.5 Å². The summed E-state index contributed by atoms with van der Waals surface area (Å²) in [5.41, 5.74) is 4.69. The van der Waals surface area contributed by atoms with Crippen LogP contribution in [0.15, 0.2) is 53.3 Å². The van der Waals surface area contributed by atoms with Crippen molar-refractivity contribution in [1.29, 1.82) is 0 Å². The van der Waals surface area contributed by atoms with Crippen LogP contribution < -0.4 is 21.1 Å². The maximum Gasteiger partial charge on any atom is 0.290 e. The molecule has 0 aliphatic rings. The molecule has 2 amide bonds. The second kappa shape index (κ2) is 10.3. The highest BCUT2D eigenvalue weighted by Crippen LogP contribution is 2.14. The molecule has 1 aromatic heterocycles. The Labute approximate surface area is 191 Å². The molecule has 3 aromatic rings. The molecule has 0 aliphatic heterocycles. The molecule has 1 heterocycles. The van der Waals surface area contributed by atoms with Crippen molar-refractivity contribution in [1.82, 2.24) is 20.6 Å². The first-order chi connectivity index (χ1) is 15.8. The Kier molecular flexibility index (Phi) is 7.44. The van der Waals surface area contributed by atoms with Crippen molar-refractivity contribution in [2.24, 2.45) is 0 Å². The van der Waals surface area contributed by atoms with E-state index in [0.717, 1.165) is 0 Å². The SMILES string of the molecule is CCCn1nc(C(=O)NNC(=O)c2cccc(NS(=O)(=O)CCC)c2)c2ccccc2c1=O. The van der Waals surface area contributed by atoms with Gasteiger partial charge >= 0.3 is 0 Å². The van der Waals surface area contributed by atoms with E-state index >= 15 is 0 Å². The van der Waals surface area contributed by atoms with Crippen LogP contribution in [0, 0.1) is 0 Å². The number of amides is 2. The van der Waals surface area contributed by atoms with Gasteiger partial charge in [0.2, 0.25) is 10.0 Å². The van der Waals surface area contributed by atoms with Crippen LogP contribution in [0.2, 0.25) is 0 Å². The van der Waals surface area contributed by atoms with E-state index in [1.807, 2.05) is 6.92 Å². The lowest BCUT2D eigenvalue weighted by Crippen LogP contribution is -2.42. The first-order valence-electron chi connectivity index (χ1n) is 10.5. The number of aromatic nitrogens is 2. The molecule has 10 nitrogen and oxygen atoms in total. The van der Waals surface area contributed by atoms with E-state index in [1.54, 1.807) is 31.2 Å². The van der Waals surface area contributed by atoms with E-state index in [9.17, 15) is 22.8 Å². The molecule has 0 saturated carbocycles. The van der Waals surface area contributed by atoms with Crippen molar-refractivity contribution in [3.63, 3.8) is 0 Å². The van der Waals surface area contributed by atoms with E-state index in [0.29, 0.717) is 30.2 Å². The van der Waals surface area contributed by atoms with Gasteiger partial charge in [-0.25, -0.2) is 13.1 Å². The van der Waals surface area contributed by atoms with Gasteiger partial charge < -0.3 is 0 Å². The van der Waals surface area contributed by atoms with E-state index in [4.69, 9.17) is 0 Å².